The second kappa shape index (κ2) is 11.4. The van der Waals surface area contributed by atoms with Crippen molar-refractivity contribution >= 4 is 29.0 Å². The van der Waals surface area contributed by atoms with Crippen molar-refractivity contribution in [1.82, 2.24) is 14.9 Å². The number of carbonyl (C=O) groups is 1. The minimum absolute atomic E-state index is 0.0107. The smallest absolute Gasteiger partial charge is 0.421 e. The first-order chi connectivity index (χ1) is 21.2. The van der Waals surface area contributed by atoms with E-state index < -0.39 is 28.6 Å². The molecule has 0 aliphatic carbocycles. The third kappa shape index (κ3) is 6.23. The second-order valence-electron chi connectivity index (χ2n) is 13.0. The SMILES string of the molecule is CC(C)(O)CN1CCC(c2ccc(Nc3ncc(C(F)(F)F)c(NCc4cccc5c4C(C)(C)C(=O)N5)n3)c3c2OCO3)CC1. The molecule has 6 rings (SSSR count). The molecule has 3 aliphatic rings. The van der Waals surface area contributed by atoms with Crippen molar-refractivity contribution in [3.8, 4) is 11.5 Å². The monoisotopic (exact) mass is 626 g/mol. The lowest BCUT2D eigenvalue weighted by atomic mass is 9.83. The summed E-state index contributed by atoms with van der Waals surface area (Å²) >= 11 is 0. The highest BCUT2D eigenvalue weighted by atomic mass is 19.4. The zero-order valence-corrected chi connectivity index (χ0v) is 25.6. The summed E-state index contributed by atoms with van der Waals surface area (Å²) in [6.07, 6.45) is -2.17. The quantitative estimate of drug-likeness (QED) is 0.247. The number of nitrogens with zero attached hydrogens (tertiary/aromatic N) is 3. The Balaban J connectivity index is 1.22. The standard InChI is InChI=1S/C32H37F3N6O4/c1-30(2,43)16-41-12-10-18(11-13-41)20-8-9-23(26-25(20)44-17-45-26)39-29-37-15-21(32(33,34)35)27(40-29)36-14-19-6-5-7-22-24(19)31(3,4)28(42)38-22/h5-9,15,18,43H,10-14,16-17H2,1-4H3,(H,38,42)(H2,36,37,39,40). The van der Waals surface area contributed by atoms with Crippen molar-refractivity contribution in [3.05, 3.63) is 58.8 Å². The molecule has 13 heteroatoms. The van der Waals surface area contributed by atoms with Gasteiger partial charge in [-0.3, -0.25) is 4.79 Å². The number of rotatable bonds is 8. The van der Waals surface area contributed by atoms with Gasteiger partial charge < -0.3 is 35.4 Å². The van der Waals surface area contributed by atoms with Crippen molar-refractivity contribution in [2.75, 3.05) is 42.4 Å². The van der Waals surface area contributed by atoms with Gasteiger partial charge >= 0.3 is 6.18 Å². The predicted octanol–water partition coefficient (Wildman–Crippen LogP) is 5.76. The highest BCUT2D eigenvalue weighted by Gasteiger charge is 2.40. The molecule has 0 spiro atoms. The van der Waals surface area contributed by atoms with E-state index in [0.717, 1.165) is 43.3 Å². The number of benzene rings is 2. The van der Waals surface area contributed by atoms with Crippen LogP contribution in [0.5, 0.6) is 11.5 Å². The van der Waals surface area contributed by atoms with Crippen molar-refractivity contribution in [1.29, 1.82) is 0 Å². The molecule has 1 saturated heterocycles. The summed E-state index contributed by atoms with van der Waals surface area (Å²) in [5.41, 5.74) is 0.947. The highest BCUT2D eigenvalue weighted by molar-refractivity contribution is 6.06. The van der Waals surface area contributed by atoms with Gasteiger partial charge in [-0.1, -0.05) is 18.2 Å². The van der Waals surface area contributed by atoms with E-state index in [4.69, 9.17) is 9.47 Å². The van der Waals surface area contributed by atoms with Gasteiger partial charge in [-0.15, -0.1) is 0 Å². The average molecular weight is 627 g/mol. The lowest BCUT2D eigenvalue weighted by Gasteiger charge is -2.35. The Morgan fingerprint density at radius 2 is 1.84 bits per heavy atom. The molecule has 2 aromatic carbocycles. The van der Waals surface area contributed by atoms with E-state index in [1.807, 2.05) is 6.07 Å². The fraction of sp³-hybridized carbons (Fsp3) is 0.469. The number of carbonyl (C=O) groups excluding carboxylic acids is 1. The largest absolute Gasteiger partial charge is 0.453 e. The van der Waals surface area contributed by atoms with Crippen LogP contribution in [0.4, 0.5) is 36.3 Å². The number of piperidine rings is 1. The minimum atomic E-state index is -4.70. The molecule has 0 radical (unpaired) electrons. The van der Waals surface area contributed by atoms with E-state index >= 15 is 0 Å². The molecule has 0 unspecified atom stereocenters. The fourth-order valence-corrected chi connectivity index (χ4v) is 6.45. The number of aliphatic hydroxyl groups is 1. The maximum absolute atomic E-state index is 14.0. The predicted molar refractivity (Wildman–Crippen MR) is 163 cm³/mol. The zero-order chi connectivity index (χ0) is 32.1. The summed E-state index contributed by atoms with van der Waals surface area (Å²) in [5.74, 6) is 0.692. The number of alkyl halides is 3. The maximum atomic E-state index is 14.0. The van der Waals surface area contributed by atoms with E-state index in [-0.39, 0.29) is 31.1 Å². The summed E-state index contributed by atoms with van der Waals surface area (Å²) < 4.78 is 53.6. The Kier molecular flexibility index (Phi) is 7.80. The molecule has 1 fully saturated rings. The van der Waals surface area contributed by atoms with Gasteiger partial charge in [0.1, 0.15) is 11.4 Å². The third-order valence-corrected chi connectivity index (χ3v) is 8.57. The van der Waals surface area contributed by atoms with Gasteiger partial charge in [0.2, 0.25) is 18.6 Å². The van der Waals surface area contributed by atoms with Gasteiger partial charge in [0.15, 0.2) is 11.5 Å². The fourth-order valence-electron chi connectivity index (χ4n) is 6.45. The third-order valence-electron chi connectivity index (χ3n) is 8.57. The second-order valence-corrected chi connectivity index (χ2v) is 13.0. The molecule has 45 heavy (non-hydrogen) atoms. The Morgan fingerprint density at radius 1 is 1.11 bits per heavy atom. The Bertz CT molecular complexity index is 1610. The van der Waals surface area contributed by atoms with E-state index in [0.29, 0.717) is 35.0 Å². The highest BCUT2D eigenvalue weighted by Crippen LogP contribution is 2.47. The number of amides is 1. The molecule has 3 aromatic rings. The number of β-amino-alcohol motifs (C(OH)–C–C–N with tert-alkyl or cyclic N) is 1. The van der Waals surface area contributed by atoms with Gasteiger partial charge in [-0.25, -0.2) is 4.98 Å². The summed E-state index contributed by atoms with van der Waals surface area (Å²) in [6.45, 7) is 9.49. The first kappa shape index (κ1) is 30.9. The van der Waals surface area contributed by atoms with Gasteiger partial charge in [0, 0.05) is 30.5 Å². The number of anilines is 4. The first-order valence-corrected chi connectivity index (χ1v) is 15.0. The summed E-state index contributed by atoms with van der Waals surface area (Å²) in [6, 6.07) is 9.05. The van der Waals surface area contributed by atoms with Gasteiger partial charge in [-0.05, 0) is 82.8 Å². The van der Waals surface area contributed by atoms with Crippen molar-refractivity contribution < 1.29 is 32.5 Å². The first-order valence-electron chi connectivity index (χ1n) is 15.0. The summed E-state index contributed by atoms with van der Waals surface area (Å²) in [4.78, 5) is 22.9. The number of likely N-dealkylation sites (tertiary alicyclic amines) is 1. The summed E-state index contributed by atoms with van der Waals surface area (Å²) in [5, 5.41) is 18.9. The lowest BCUT2D eigenvalue weighted by molar-refractivity contribution is -0.137. The molecule has 0 bridgehead atoms. The average Bonchev–Trinajstić information content (AvgIpc) is 3.54. The number of hydrogen-bond donors (Lipinski definition) is 4. The number of ether oxygens (including phenoxy) is 2. The van der Waals surface area contributed by atoms with Crippen molar-refractivity contribution in [2.45, 2.75) is 70.2 Å². The summed E-state index contributed by atoms with van der Waals surface area (Å²) in [7, 11) is 0. The molecule has 0 atom stereocenters. The molecule has 1 amide bonds. The van der Waals surface area contributed by atoms with Crippen LogP contribution < -0.4 is 25.4 Å². The Labute approximate surface area is 259 Å². The van der Waals surface area contributed by atoms with Gasteiger partial charge in [0.25, 0.3) is 0 Å². The van der Waals surface area contributed by atoms with E-state index in [1.165, 1.54) is 0 Å². The molecule has 10 nitrogen and oxygen atoms in total. The van der Waals surface area contributed by atoms with E-state index in [1.54, 1.807) is 52.0 Å². The van der Waals surface area contributed by atoms with Crippen LogP contribution in [-0.4, -0.2) is 57.9 Å². The molecule has 4 N–H and O–H groups in total. The van der Waals surface area contributed by atoms with Gasteiger partial charge in [-0.2, -0.15) is 18.2 Å². The normalized spacial score (nSPS) is 18.1. The number of fused-ring (bicyclic) bond motifs is 2. The van der Waals surface area contributed by atoms with Crippen LogP contribution >= 0.6 is 0 Å². The van der Waals surface area contributed by atoms with Crippen LogP contribution in [0.15, 0.2) is 36.5 Å². The van der Waals surface area contributed by atoms with Crippen molar-refractivity contribution in [3.63, 3.8) is 0 Å². The van der Waals surface area contributed by atoms with E-state index in [2.05, 4.69) is 30.8 Å². The lowest BCUT2D eigenvalue weighted by Crippen LogP contribution is -2.42. The van der Waals surface area contributed by atoms with Crippen LogP contribution in [0.25, 0.3) is 0 Å². The molecule has 3 aliphatic heterocycles. The number of nitrogens with one attached hydrogen (secondary N) is 3. The van der Waals surface area contributed by atoms with Crippen LogP contribution in [0, 0.1) is 0 Å². The molecular weight excluding hydrogens is 589 g/mol. The molecule has 0 saturated carbocycles. The van der Waals surface area contributed by atoms with Crippen molar-refractivity contribution in [2.24, 2.45) is 0 Å². The number of hydrogen-bond acceptors (Lipinski definition) is 9. The van der Waals surface area contributed by atoms with E-state index in [9.17, 15) is 23.1 Å². The Hall–Kier alpha value is -4.10. The number of aromatic nitrogens is 2. The topological polar surface area (TPSA) is 121 Å². The van der Waals surface area contributed by atoms with Crippen LogP contribution in [0.2, 0.25) is 0 Å². The number of halogens is 3. The van der Waals surface area contributed by atoms with Crippen LogP contribution in [0.3, 0.4) is 0 Å². The van der Waals surface area contributed by atoms with Gasteiger partial charge in [0.05, 0.1) is 16.7 Å². The Morgan fingerprint density at radius 3 is 2.56 bits per heavy atom. The molecular formula is C32H37F3N6O4. The molecule has 240 valence electrons. The van der Waals surface area contributed by atoms with Crippen LogP contribution in [0.1, 0.15) is 68.7 Å². The zero-order valence-electron chi connectivity index (χ0n) is 25.6. The van der Waals surface area contributed by atoms with Crippen LogP contribution in [-0.2, 0) is 22.9 Å². The minimum Gasteiger partial charge on any atom is -0.453 e. The molecule has 1 aromatic heterocycles. The maximum Gasteiger partial charge on any atom is 0.421 e. The molecule has 4 heterocycles.